The molecule has 0 fully saturated rings. The zero-order chi connectivity index (χ0) is 18.8. The smallest absolute Gasteiger partial charge is 0.550 e. The fraction of sp³-hybridized carbons (Fsp3) is 0.294. The van der Waals surface area contributed by atoms with E-state index < -0.39 is 23.7 Å². The van der Waals surface area contributed by atoms with Crippen LogP contribution < -0.4 is 50.6 Å². The van der Waals surface area contributed by atoms with Crippen molar-refractivity contribution in [1.29, 1.82) is 0 Å². The summed E-state index contributed by atoms with van der Waals surface area (Å²) in [6.45, 7) is 4.48. The zero-order valence-corrected chi connectivity index (χ0v) is 16.8. The first kappa shape index (κ1) is 23.8. The first-order chi connectivity index (χ1) is 11.8. The summed E-state index contributed by atoms with van der Waals surface area (Å²) in [4.78, 5) is 45.4. The van der Waals surface area contributed by atoms with Crippen LogP contribution in [-0.2, 0) is 19.2 Å². The number of carbonyl (C=O) groups excluding carboxylic acids is 4. The number of aliphatic carboxylic acids is 1. The van der Waals surface area contributed by atoms with Gasteiger partial charge >= 0.3 is 29.6 Å². The molecule has 3 N–H and O–H groups in total. The number of amides is 3. The summed E-state index contributed by atoms with van der Waals surface area (Å²) in [5, 5.41) is 18.4. The first-order valence-corrected chi connectivity index (χ1v) is 7.57. The predicted octanol–water partition coefficient (Wildman–Crippen LogP) is -2.96. The van der Waals surface area contributed by atoms with E-state index in [1.165, 1.54) is 13.0 Å². The minimum Gasteiger partial charge on any atom is -0.550 e. The van der Waals surface area contributed by atoms with Crippen molar-refractivity contribution in [1.82, 2.24) is 5.32 Å². The Kier molecular flexibility index (Phi) is 11.2. The van der Waals surface area contributed by atoms with Crippen LogP contribution in [0.5, 0.6) is 0 Å². The fourth-order valence-electron chi connectivity index (χ4n) is 2.02. The SMILES string of the molecule is C=CCC(CC(=O)NCC(=O)Nc1cccc(NC(C)=O)c1)C(=O)[O-].[Na+]. The van der Waals surface area contributed by atoms with Gasteiger partial charge in [0.25, 0.3) is 0 Å². The third-order valence-corrected chi connectivity index (χ3v) is 3.13. The summed E-state index contributed by atoms with van der Waals surface area (Å²) in [7, 11) is 0. The Bertz CT molecular complexity index is 678. The van der Waals surface area contributed by atoms with Crippen LogP contribution in [-0.4, -0.2) is 30.2 Å². The van der Waals surface area contributed by atoms with Gasteiger partial charge in [-0.25, -0.2) is 0 Å². The number of anilines is 2. The van der Waals surface area contributed by atoms with Crippen LogP contribution >= 0.6 is 0 Å². The van der Waals surface area contributed by atoms with E-state index in [2.05, 4.69) is 22.5 Å². The molecule has 0 saturated carbocycles. The van der Waals surface area contributed by atoms with Gasteiger partial charge in [0.15, 0.2) is 0 Å². The van der Waals surface area contributed by atoms with Crippen LogP contribution in [0, 0.1) is 5.92 Å². The molecule has 0 aliphatic heterocycles. The zero-order valence-electron chi connectivity index (χ0n) is 14.8. The molecule has 0 heterocycles. The second kappa shape index (κ2) is 12.2. The fourth-order valence-corrected chi connectivity index (χ4v) is 2.02. The molecule has 1 rings (SSSR count). The Morgan fingerprint density at radius 2 is 1.77 bits per heavy atom. The van der Waals surface area contributed by atoms with Crippen molar-refractivity contribution in [2.45, 2.75) is 19.8 Å². The normalized spacial score (nSPS) is 10.7. The van der Waals surface area contributed by atoms with E-state index in [1.54, 1.807) is 24.3 Å². The van der Waals surface area contributed by atoms with Gasteiger partial charge in [0, 0.05) is 36.6 Å². The van der Waals surface area contributed by atoms with Crippen molar-refractivity contribution in [3.63, 3.8) is 0 Å². The number of carboxylic acid groups (broad SMARTS) is 1. The van der Waals surface area contributed by atoms with E-state index in [1.807, 2.05) is 0 Å². The molecule has 1 aromatic carbocycles. The second-order valence-electron chi connectivity index (χ2n) is 5.33. The molecule has 0 radical (unpaired) electrons. The van der Waals surface area contributed by atoms with Gasteiger partial charge in [-0.05, 0) is 24.6 Å². The van der Waals surface area contributed by atoms with E-state index >= 15 is 0 Å². The third kappa shape index (κ3) is 9.36. The molecule has 1 unspecified atom stereocenters. The molecule has 3 amide bonds. The van der Waals surface area contributed by atoms with E-state index in [4.69, 9.17) is 0 Å². The van der Waals surface area contributed by atoms with E-state index in [0.29, 0.717) is 11.4 Å². The largest absolute Gasteiger partial charge is 1.00 e. The molecule has 0 bridgehead atoms. The number of nitrogens with one attached hydrogen (secondary N) is 3. The molecular weight excluding hydrogens is 349 g/mol. The van der Waals surface area contributed by atoms with Gasteiger partial charge in [-0.1, -0.05) is 12.1 Å². The van der Waals surface area contributed by atoms with Crippen molar-refractivity contribution >= 4 is 35.1 Å². The monoisotopic (exact) mass is 369 g/mol. The van der Waals surface area contributed by atoms with Crippen LogP contribution in [0.2, 0.25) is 0 Å². The summed E-state index contributed by atoms with van der Waals surface area (Å²) >= 11 is 0. The predicted molar refractivity (Wildman–Crippen MR) is 90.3 cm³/mol. The molecule has 0 spiro atoms. The summed E-state index contributed by atoms with van der Waals surface area (Å²) in [5.74, 6) is -3.61. The van der Waals surface area contributed by atoms with Crippen LogP contribution in [0.25, 0.3) is 0 Å². The van der Waals surface area contributed by atoms with Crippen molar-refractivity contribution in [2.24, 2.45) is 5.92 Å². The number of rotatable bonds is 9. The number of allylic oxidation sites excluding steroid dienone is 1. The third-order valence-electron chi connectivity index (χ3n) is 3.13. The summed E-state index contributed by atoms with van der Waals surface area (Å²) in [5.41, 5.74) is 0.973. The Hall–Kier alpha value is -2.16. The maximum absolute atomic E-state index is 11.8. The molecule has 0 saturated heterocycles. The Morgan fingerprint density at radius 3 is 2.31 bits per heavy atom. The Labute approximate surface area is 173 Å². The quantitative estimate of drug-likeness (QED) is 0.317. The molecule has 1 aromatic rings. The average molecular weight is 369 g/mol. The van der Waals surface area contributed by atoms with E-state index in [9.17, 15) is 24.3 Å². The van der Waals surface area contributed by atoms with Crippen molar-refractivity contribution in [3.8, 4) is 0 Å². The number of hydrogen-bond donors (Lipinski definition) is 3. The molecule has 8 nitrogen and oxygen atoms in total. The number of hydrogen-bond acceptors (Lipinski definition) is 5. The molecule has 26 heavy (non-hydrogen) atoms. The summed E-state index contributed by atoms with van der Waals surface area (Å²) in [6.07, 6.45) is 1.21. The topological polar surface area (TPSA) is 127 Å². The molecule has 0 aromatic heterocycles. The van der Waals surface area contributed by atoms with Crippen LogP contribution in [0.4, 0.5) is 11.4 Å². The molecule has 1 atom stereocenters. The van der Waals surface area contributed by atoms with Gasteiger partial charge in [-0.3, -0.25) is 14.4 Å². The summed E-state index contributed by atoms with van der Waals surface area (Å²) in [6, 6.07) is 6.51. The van der Waals surface area contributed by atoms with Crippen LogP contribution in [0.15, 0.2) is 36.9 Å². The van der Waals surface area contributed by atoms with Crippen LogP contribution in [0.3, 0.4) is 0 Å². The van der Waals surface area contributed by atoms with Crippen molar-refractivity contribution in [2.75, 3.05) is 17.2 Å². The Morgan fingerprint density at radius 1 is 1.15 bits per heavy atom. The van der Waals surface area contributed by atoms with Gasteiger partial charge in [-0.2, -0.15) is 0 Å². The molecule has 9 heteroatoms. The number of carbonyl (C=O) groups is 4. The average Bonchev–Trinajstić information content (AvgIpc) is 2.52. The van der Waals surface area contributed by atoms with E-state index in [0.717, 1.165) is 0 Å². The van der Waals surface area contributed by atoms with Gasteiger partial charge in [0.1, 0.15) is 0 Å². The molecule has 0 aliphatic carbocycles. The number of carboxylic acids is 1. The maximum atomic E-state index is 11.8. The van der Waals surface area contributed by atoms with Crippen molar-refractivity contribution in [3.05, 3.63) is 36.9 Å². The van der Waals surface area contributed by atoms with E-state index in [-0.39, 0.29) is 54.9 Å². The minimum atomic E-state index is -1.34. The summed E-state index contributed by atoms with van der Waals surface area (Å²) < 4.78 is 0. The van der Waals surface area contributed by atoms with Gasteiger partial charge in [-0.15, -0.1) is 6.58 Å². The second-order valence-corrected chi connectivity index (χ2v) is 5.33. The van der Waals surface area contributed by atoms with Gasteiger partial charge in [0.05, 0.1) is 6.54 Å². The first-order valence-electron chi connectivity index (χ1n) is 7.57. The molecule has 134 valence electrons. The van der Waals surface area contributed by atoms with Gasteiger partial charge in [0.2, 0.25) is 17.7 Å². The van der Waals surface area contributed by atoms with Gasteiger partial charge < -0.3 is 25.9 Å². The standard InChI is InChI=1S/C17H21N3O5.Na/c1-3-5-12(17(24)25)8-15(22)18-10-16(23)20-14-7-4-6-13(9-14)19-11(2)21;/h3-4,6-7,9,12H,1,5,8,10H2,2H3,(H,18,22)(H,19,21)(H,20,23)(H,24,25);/q;+1/p-1. The molecule has 0 aliphatic rings. The number of benzene rings is 1. The van der Waals surface area contributed by atoms with Crippen LogP contribution in [0.1, 0.15) is 19.8 Å². The molecular formula is C17H20N3NaO5. The van der Waals surface area contributed by atoms with Crippen molar-refractivity contribution < 1.29 is 53.8 Å². The minimum absolute atomic E-state index is 0. The maximum Gasteiger partial charge on any atom is 1.00 e. The Balaban J connectivity index is 0.00000625.